The number of nitrogens with zero attached hydrogens (tertiary/aromatic N) is 4. The largest absolute Gasteiger partial charge is 0.357 e. The summed E-state index contributed by atoms with van der Waals surface area (Å²) >= 11 is 0. The molecule has 1 aliphatic carbocycles. The van der Waals surface area contributed by atoms with Crippen LogP contribution < -0.4 is 4.90 Å². The molecule has 4 nitrogen and oxygen atoms in total. The summed E-state index contributed by atoms with van der Waals surface area (Å²) < 4.78 is 0. The SMILES string of the molecule is CCN1CCCC1CN(C)c1nc2c(cc1C#N)CCC2. The van der Waals surface area contributed by atoms with E-state index in [1.54, 1.807) is 0 Å². The predicted molar refractivity (Wildman–Crippen MR) is 84.5 cm³/mol. The molecule has 0 amide bonds. The molecule has 0 spiro atoms. The summed E-state index contributed by atoms with van der Waals surface area (Å²) in [5.74, 6) is 0.876. The Morgan fingerprint density at radius 3 is 3.05 bits per heavy atom. The third kappa shape index (κ3) is 2.75. The van der Waals surface area contributed by atoms with Gasteiger partial charge in [-0.25, -0.2) is 4.98 Å². The van der Waals surface area contributed by atoms with Crippen molar-refractivity contribution in [3.8, 4) is 6.07 Å². The number of aryl methyl sites for hydroxylation is 2. The summed E-state index contributed by atoms with van der Waals surface area (Å²) in [5, 5.41) is 9.43. The van der Waals surface area contributed by atoms with E-state index in [0.29, 0.717) is 6.04 Å². The Bertz CT molecular complexity index is 561. The van der Waals surface area contributed by atoms with Gasteiger partial charge in [0, 0.05) is 25.3 Å². The van der Waals surface area contributed by atoms with E-state index in [1.165, 1.54) is 37.1 Å². The van der Waals surface area contributed by atoms with Crippen LogP contribution in [0.2, 0.25) is 0 Å². The van der Waals surface area contributed by atoms with E-state index in [9.17, 15) is 5.26 Å². The second kappa shape index (κ2) is 6.03. The highest BCUT2D eigenvalue weighted by Crippen LogP contribution is 2.27. The van der Waals surface area contributed by atoms with E-state index in [2.05, 4.69) is 35.9 Å². The molecule has 0 aromatic carbocycles. The third-order valence-electron chi connectivity index (χ3n) is 4.90. The van der Waals surface area contributed by atoms with Crippen molar-refractivity contribution in [2.45, 2.75) is 45.1 Å². The van der Waals surface area contributed by atoms with Crippen molar-refractivity contribution >= 4 is 5.82 Å². The van der Waals surface area contributed by atoms with Crippen molar-refractivity contribution < 1.29 is 0 Å². The highest BCUT2D eigenvalue weighted by Gasteiger charge is 2.26. The minimum absolute atomic E-state index is 0.599. The lowest BCUT2D eigenvalue weighted by molar-refractivity contribution is 0.270. The summed E-state index contributed by atoms with van der Waals surface area (Å²) in [6.07, 6.45) is 5.85. The molecule has 1 saturated heterocycles. The van der Waals surface area contributed by atoms with Gasteiger partial charge in [-0.3, -0.25) is 4.90 Å². The average Bonchev–Trinajstić information content (AvgIpc) is 3.13. The Labute approximate surface area is 127 Å². The minimum atomic E-state index is 0.599. The number of likely N-dealkylation sites (N-methyl/N-ethyl adjacent to an activating group) is 2. The first-order chi connectivity index (χ1) is 10.2. The number of anilines is 1. The zero-order chi connectivity index (χ0) is 14.8. The number of hydrogen-bond acceptors (Lipinski definition) is 4. The maximum Gasteiger partial charge on any atom is 0.146 e. The van der Waals surface area contributed by atoms with E-state index in [1.807, 2.05) is 0 Å². The Morgan fingerprint density at radius 2 is 2.29 bits per heavy atom. The number of pyridine rings is 1. The van der Waals surface area contributed by atoms with Crippen LogP contribution in [0.5, 0.6) is 0 Å². The van der Waals surface area contributed by atoms with E-state index < -0.39 is 0 Å². The Hall–Kier alpha value is -1.60. The lowest BCUT2D eigenvalue weighted by Gasteiger charge is -2.29. The van der Waals surface area contributed by atoms with Gasteiger partial charge in [-0.15, -0.1) is 0 Å². The topological polar surface area (TPSA) is 43.2 Å². The number of likely N-dealkylation sites (tertiary alicyclic amines) is 1. The fraction of sp³-hybridized carbons (Fsp3) is 0.647. The standard InChI is InChI=1S/C17H24N4/c1-3-21-9-5-7-15(21)12-20(2)17-14(11-18)10-13-6-4-8-16(13)19-17/h10,15H,3-9,12H2,1-2H3. The van der Waals surface area contributed by atoms with Crippen LogP contribution in [0.4, 0.5) is 5.82 Å². The van der Waals surface area contributed by atoms with Crippen LogP contribution in [0.1, 0.15) is 43.0 Å². The normalized spacial score (nSPS) is 21.3. The van der Waals surface area contributed by atoms with Gasteiger partial charge in [0.2, 0.25) is 0 Å². The second-order valence-electron chi connectivity index (χ2n) is 6.24. The van der Waals surface area contributed by atoms with Crippen LogP contribution in [0.15, 0.2) is 6.07 Å². The lowest BCUT2D eigenvalue weighted by atomic mass is 10.1. The molecular weight excluding hydrogens is 260 g/mol. The summed E-state index contributed by atoms with van der Waals surface area (Å²) in [5.41, 5.74) is 3.22. The van der Waals surface area contributed by atoms with E-state index in [4.69, 9.17) is 4.98 Å². The summed E-state index contributed by atoms with van der Waals surface area (Å²) in [6.45, 7) is 5.51. The Morgan fingerprint density at radius 1 is 1.43 bits per heavy atom. The first-order valence-electron chi connectivity index (χ1n) is 8.11. The highest BCUT2D eigenvalue weighted by atomic mass is 15.2. The van der Waals surface area contributed by atoms with Crippen LogP contribution in [-0.2, 0) is 12.8 Å². The van der Waals surface area contributed by atoms with Gasteiger partial charge in [0.1, 0.15) is 11.9 Å². The molecular formula is C17H24N4. The quantitative estimate of drug-likeness (QED) is 0.851. The number of rotatable bonds is 4. The van der Waals surface area contributed by atoms with Crippen molar-refractivity contribution in [2.75, 3.05) is 31.6 Å². The van der Waals surface area contributed by atoms with E-state index in [-0.39, 0.29) is 0 Å². The molecule has 1 aromatic rings. The fourth-order valence-corrected chi connectivity index (χ4v) is 3.76. The molecule has 21 heavy (non-hydrogen) atoms. The van der Waals surface area contributed by atoms with Crippen molar-refractivity contribution in [3.05, 3.63) is 22.9 Å². The molecule has 0 N–H and O–H groups in total. The van der Waals surface area contributed by atoms with E-state index >= 15 is 0 Å². The molecule has 2 aliphatic rings. The molecule has 112 valence electrons. The molecule has 0 saturated carbocycles. The smallest absolute Gasteiger partial charge is 0.146 e. The highest BCUT2D eigenvalue weighted by molar-refractivity contribution is 5.56. The van der Waals surface area contributed by atoms with Gasteiger partial charge in [-0.05, 0) is 56.8 Å². The van der Waals surface area contributed by atoms with Crippen molar-refractivity contribution in [1.29, 1.82) is 5.26 Å². The molecule has 1 aliphatic heterocycles. The molecule has 1 fully saturated rings. The Balaban J connectivity index is 1.81. The van der Waals surface area contributed by atoms with Gasteiger partial charge >= 0.3 is 0 Å². The fourth-order valence-electron chi connectivity index (χ4n) is 3.76. The van der Waals surface area contributed by atoms with Gasteiger partial charge < -0.3 is 4.90 Å². The summed E-state index contributed by atoms with van der Waals surface area (Å²) in [6, 6.07) is 5.00. The van der Waals surface area contributed by atoms with Crippen molar-refractivity contribution in [1.82, 2.24) is 9.88 Å². The van der Waals surface area contributed by atoms with Gasteiger partial charge in [0.25, 0.3) is 0 Å². The predicted octanol–water partition coefficient (Wildman–Crippen LogP) is 2.36. The van der Waals surface area contributed by atoms with Crippen molar-refractivity contribution in [2.24, 2.45) is 0 Å². The average molecular weight is 284 g/mol. The van der Waals surface area contributed by atoms with Gasteiger partial charge in [0.15, 0.2) is 0 Å². The molecule has 1 atom stereocenters. The maximum atomic E-state index is 9.43. The first kappa shape index (κ1) is 14.3. The molecule has 2 heterocycles. The number of hydrogen-bond donors (Lipinski definition) is 0. The lowest BCUT2D eigenvalue weighted by Crippen LogP contribution is -2.39. The molecule has 1 unspecified atom stereocenters. The summed E-state index contributed by atoms with van der Waals surface area (Å²) in [7, 11) is 2.08. The maximum absolute atomic E-state index is 9.43. The molecule has 4 heteroatoms. The van der Waals surface area contributed by atoms with Crippen LogP contribution in [0, 0.1) is 11.3 Å². The molecule has 0 radical (unpaired) electrons. The van der Waals surface area contributed by atoms with Crippen LogP contribution in [0.25, 0.3) is 0 Å². The zero-order valence-corrected chi connectivity index (χ0v) is 13.1. The first-order valence-corrected chi connectivity index (χ1v) is 8.11. The molecule has 3 rings (SSSR count). The molecule has 1 aromatic heterocycles. The van der Waals surface area contributed by atoms with E-state index in [0.717, 1.165) is 37.3 Å². The van der Waals surface area contributed by atoms with Gasteiger partial charge in [-0.1, -0.05) is 6.92 Å². The van der Waals surface area contributed by atoms with Crippen molar-refractivity contribution in [3.63, 3.8) is 0 Å². The molecule has 0 bridgehead atoms. The number of nitriles is 1. The minimum Gasteiger partial charge on any atom is -0.357 e. The van der Waals surface area contributed by atoms with Crippen LogP contribution in [-0.4, -0.2) is 42.6 Å². The number of fused-ring (bicyclic) bond motifs is 1. The summed E-state index contributed by atoms with van der Waals surface area (Å²) in [4.78, 5) is 9.53. The van der Waals surface area contributed by atoms with Crippen LogP contribution in [0.3, 0.4) is 0 Å². The third-order valence-corrected chi connectivity index (χ3v) is 4.90. The van der Waals surface area contributed by atoms with Gasteiger partial charge in [0.05, 0.1) is 5.56 Å². The Kier molecular flexibility index (Phi) is 4.12. The monoisotopic (exact) mass is 284 g/mol. The zero-order valence-electron chi connectivity index (χ0n) is 13.1. The second-order valence-corrected chi connectivity index (χ2v) is 6.24. The van der Waals surface area contributed by atoms with Crippen LogP contribution >= 0.6 is 0 Å². The number of aromatic nitrogens is 1. The van der Waals surface area contributed by atoms with Gasteiger partial charge in [-0.2, -0.15) is 5.26 Å².